The average Bonchev–Trinajstić information content (AvgIpc) is 2.47. The number of rotatable bonds is 4. The molecule has 0 spiro atoms. The van der Waals surface area contributed by atoms with Gasteiger partial charge in [-0.2, -0.15) is 0 Å². The first-order chi connectivity index (χ1) is 9.84. The van der Waals surface area contributed by atoms with Crippen LogP contribution in [0.4, 0.5) is 9.59 Å². The van der Waals surface area contributed by atoms with Crippen LogP contribution >= 0.6 is 0 Å². The van der Waals surface area contributed by atoms with E-state index in [-0.39, 0.29) is 12.5 Å². The van der Waals surface area contributed by atoms with Crippen LogP contribution in [0.2, 0.25) is 0 Å². The smallest absolute Gasteiger partial charge is 0.409 e. The summed E-state index contributed by atoms with van der Waals surface area (Å²) < 4.78 is 4.90. The number of amides is 3. The third-order valence-electron chi connectivity index (χ3n) is 3.65. The van der Waals surface area contributed by atoms with Crippen molar-refractivity contribution >= 4 is 18.1 Å². The molecule has 0 aromatic carbocycles. The number of carbonyl (C=O) groups is 3. The van der Waals surface area contributed by atoms with Gasteiger partial charge < -0.3 is 25.0 Å². The molecule has 3 amide bonds. The highest BCUT2D eigenvalue weighted by Gasteiger charge is 2.35. The number of nitrogens with one attached hydrogen (secondary N) is 1. The lowest BCUT2D eigenvalue weighted by molar-refractivity contribution is -0.143. The Kier molecular flexibility index (Phi) is 5.80. The van der Waals surface area contributed by atoms with E-state index >= 15 is 0 Å². The fraction of sp³-hybridized carbons (Fsp3) is 0.769. The van der Waals surface area contributed by atoms with Crippen molar-refractivity contribution in [2.45, 2.75) is 32.7 Å². The molecule has 0 radical (unpaired) electrons. The lowest BCUT2D eigenvalue weighted by Crippen LogP contribution is -2.59. The van der Waals surface area contributed by atoms with Crippen molar-refractivity contribution in [1.29, 1.82) is 0 Å². The maximum absolute atomic E-state index is 12.1. The van der Waals surface area contributed by atoms with Gasteiger partial charge in [0.2, 0.25) is 0 Å². The Balaban J connectivity index is 2.52. The Morgan fingerprint density at radius 1 is 1.14 bits per heavy atom. The molecule has 1 rings (SSSR count). The fourth-order valence-corrected chi connectivity index (χ4v) is 1.92. The average molecular weight is 301 g/mol. The predicted molar refractivity (Wildman–Crippen MR) is 75.0 cm³/mol. The zero-order valence-corrected chi connectivity index (χ0v) is 12.7. The number of hydrogen-bond acceptors (Lipinski definition) is 4. The molecule has 120 valence electrons. The van der Waals surface area contributed by atoms with E-state index in [1.54, 1.807) is 13.8 Å². The fourth-order valence-electron chi connectivity index (χ4n) is 1.92. The second kappa shape index (κ2) is 7.14. The Hall–Kier alpha value is -1.99. The molecule has 1 unspecified atom stereocenters. The van der Waals surface area contributed by atoms with Gasteiger partial charge in [-0.1, -0.05) is 6.92 Å². The minimum Gasteiger partial charge on any atom is -0.480 e. The molecule has 1 aliphatic rings. The van der Waals surface area contributed by atoms with Crippen LogP contribution in [0, 0.1) is 0 Å². The molecule has 1 aliphatic heterocycles. The monoisotopic (exact) mass is 301 g/mol. The molecule has 1 saturated heterocycles. The van der Waals surface area contributed by atoms with Gasteiger partial charge in [0.15, 0.2) is 0 Å². The highest BCUT2D eigenvalue weighted by molar-refractivity contribution is 5.86. The zero-order chi connectivity index (χ0) is 16.0. The Labute approximate surface area is 124 Å². The summed E-state index contributed by atoms with van der Waals surface area (Å²) in [5.74, 6) is -1.07. The SMILES string of the molecule is CCOC(=O)N1CCN(C(=O)NC(C)(CC)C(=O)O)CC1. The standard InChI is InChI=1S/C13H23N3O5/c1-4-13(3,10(17)18)14-11(19)15-6-8-16(9-7-15)12(20)21-5-2/h4-9H2,1-3H3,(H,14,19)(H,17,18). The summed E-state index contributed by atoms with van der Waals surface area (Å²) in [5.41, 5.74) is -1.28. The van der Waals surface area contributed by atoms with Gasteiger partial charge in [-0.3, -0.25) is 0 Å². The Bertz CT molecular complexity index is 407. The van der Waals surface area contributed by atoms with Crippen LogP contribution < -0.4 is 5.32 Å². The first kappa shape index (κ1) is 17.1. The number of carboxylic acids is 1. The quantitative estimate of drug-likeness (QED) is 0.797. The van der Waals surface area contributed by atoms with Crippen LogP contribution in [0.3, 0.4) is 0 Å². The first-order valence-electron chi connectivity index (χ1n) is 7.06. The summed E-state index contributed by atoms with van der Waals surface area (Å²) in [7, 11) is 0. The summed E-state index contributed by atoms with van der Waals surface area (Å²) in [6.07, 6.45) is -0.0990. The topological polar surface area (TPSA) is 99.2 Å². The molecule has 0 bridgehead atoms. The molecule has 2 N–H and O–H groups in total. The van der Waals surface area contributed by atoms with Crippen LogP contribution in [-0.2, 0) is 9.53 Å². The third kappa shape index (κ3) is 4.24. The summed E-state index contributed by atoms with van der Waals surface area (Å²) in [4.78, 5) is 37.9. The van der Waals surface area contributed by atoms with Crippen LogP contribution in [-0.4, -0.2) is 71.3 Å². The van der Waals surface area contributed by atoms with Gasteiger partial charge in [0.05, 0.1) is 6.61 Å². The van der Waals surface area contributed by atoms with E-state index in [1.807, 2.05) is 0 Å². The van der Waals surface area contributed by atoms with Gasteiger partial charge in [-0.05, 0) is 20.3 Å². The van der Waals surface area contributed by atoms with E-state index in [4.69, 9.17) is 9.84 Å². The van der Waals surface area contributed by atoms with Crippen LogP contribution in [0.5, 0.6) is 0 Å². The Morgan fingerprint density at radius 3 is 2.10 bits per heavy atom. The molecule has 0 saturated carbocycles. The lowest BCUT2D eigenvalue weighted by Gasteiger charge is -2.36. The molecule has 1 fully saturated rings. The molecule has 8 heteroatoms. The van der Waals surface area contributed by atoms with Gasteiger partial charge >= 0.3 is 18.1 Å². The van der Waals surface area contributed by atoms with Gasteiger partial charge in [0.1, 0.15) is 5.54 Å². The molecular weight excluding hydrogens is 278 g/mol. The highest BCUT2D eigenvalue weighted by atomic mass is 16.6. The molecule has 21 heavy (non-hydrogen) atoms. The van der Waals surface area contributed by atoms with E-state index in [9.17, 15) is 14.4 Å². The number of carbonyl (C=O) groups excluding carboxylic acids is 2. The normalized spacial score (nSPS) is 17.9. The highest BCUT2D eigenvalue weighted by Crippen LogP contribution is 2.11. The summed E-state index contributed by atoms with van der Waals surface area (Å²) in [5, 5.41) is 11.7. The largest absolute Gasteiger partial charge is 0.480 e. The van der Waals surface area contributed by atoms with E-state index in [0.29, 0.717) is 32.8 Å². The van der Waals surface area contributed by atoms with Crippen LogP contribution in [0.1, 0.15) is 27.2 Å². The number of aliphatic carboxylic acids is 1. The number of hydrogen-bond donors (Lipinski definition) is 2. The molecule has 0 aromatic heterocycles. The molecule has 0 aliphatic carbocycles. The summed E-state index contributed by atoms with van der Waals surface area (Å²) in [6.45, 7) is 6.68. The Morgan fingerprint density at radius 2 is 1.67 bits per heavy atom. The van der Waals surface area contributed by atoms with Crippen molar-refractivity contribution in [3.8, 4) is 0 Å². The maximum atomic E-state index is 12.1. The van der Waals surface area contributed by atoms with Crippen molar-refractivity contribution in [2.24, 2.45) is 0 Å². The van der Waals surface area contributed by atoms with Gasteiger partial charge in [0, 0.05) is 26.2 Å². The van der Waals surface area contributed by atoms with Crippen molar-refractivity contribution in [1.82, 2.24) is 15.1 Å². The minimum absolute atomic E-state index is 0.289. The number of nitrogens with zero attached hydrogens (tertiary/aromatic N) is 2. The van der Waals surface area contributed by atoms with Crippen molar-refractivity contribution < 1.29 is 24.2 Å². The molecule has 0 aromatic rings. The van der Waals surface area contributed by atoms with Crippen molar-refractivity contribution in [2.75, 3.05) is 32.8 Å². The summed E-state index contributed by atoms with van der Waals surface area (Å²) in [6, 6.07) is -0.426. The van der Waals surface area contributed by atoms with E-state index in [2.05, 4.69) is 5.32 Å². The second-order valence-corrected chi connectivity index (χ2v) is 5.09. The maximum Gasteiger partial charge on any atom is 0.409 e. The van der Waals surface area contributed by atoms with Crippen LogP contribution in [0.15, 0.2) is 0 Å². The van der Waals surface area contributed by atoms with Crippen molar-refractivity contribution in [3.63, 3.8) is 0 Å². The second-order valence-electron chi connectivity index (χ2n) is 5.09. The number of ether oxygens (including phenoxy) is 1. The van der Waals surface area contributed by atoms with Gasteiger partial charge in [0.25, 0.3) is 0 Å². The predicted octanol–water partition coefficient (Wildman–Crippen LogP) is 0.723. The zero-order valence-electron chi connectivity index (χ0n) is 12.7. The summed E-state index contributed by atoms with van der Waals surface area (Å²) >= 11 is 0. The molecule has 1 atom stereocenters. The molecule has 8 nitrogen and oxygen atoms in total. The van der Waals surface area contributed by atoms with Crippen molar-refractivity contribution in [3.05, 3.63) is 0 Å². The van der Waals surface area contributed by atoms with E-state index < -0.39 is 17.5 Å². The number of urea groups is 1. The molecule has 1 heterocycles. The van der Waals surface area contributed by atoms with Gasteiger partial charge in [-0.25, -0.2) is 14.4 Å². The van der Waals surface area contributed by atoms with Gasteiger partial charge in [-0.15, -0.1) is 0 Å². The lowest BCUT2D eigenvalue weighted by atomic mass is 10.00. The van der Waals surface area contributed by atoms with Crippen LogP contribution in [0.25, 0.3) is 0 Å². The number of piperazine rings is 1. The minimum atomic E-state index is -1.28. The third-order valence-corrected chi connectivity index (χ3v) is 3.65. The van der Waals surface area contributed by atoms with E-state index in [1.165, 1.54) is 16.7 Å². The first-order valence-corrected chi connectivity index (χ1v) is 7.06. The molecular formula is C13H23N3O5. The number of carboxylic acid groups (broad SMARTS) is 1. The van der Waals surface area contributed by atoms with E-state index in [0.717, 1.165) is 0 Å².